The maximum Gasteiger partial charge on any atom is 0.176 e. The molecule has 0 aliphatic rings. The smallest absolute Gasteiger partial charge is 0.176 e. The zero-order valence-electron chi connectivity index (χ0n) is 14.8. The van der Waals surface area contributed by atoms with Crippen molar-refractivity contribution in [2.75, 3.05) is 12.0 Å². The van der Waals surface area contributed by atoms with Crippen molar-refractivity contribution in [3.8, 4) is 11.5 Å². The number of aryl methyl sites for hydroxylation is 1. The summed E-state index contributed by atoms with van der Waals surface area (Å²) in [5.41, 5.74) is 6.05. The molecule has 2 aromatic carbocycles. The minimum Gasteiger partial charge on any atom is -0.490 e. The Kier molecular flexibility index (Phi) is 7.32. The Morgan fingerprint density at radius 1 is 1.16 bits per heavy atom. The Hall–Kier alpha value is -1.53. The van der Waals surface area contributed by atoms with Crippen molar-refractivity contribution in [2.45, 2.75) is 33.8 Å². The second kappa shape index (κ2) is 9.25. The van der Waals surface area contributed by atoms with Gasteiger partial charge in [0.1, 0.15) is 0 Å². The van der Waals surface area contributed by atoms with Gasteiger partial charge < -0.3 is 9.47 Å². The molecule has 4 nitrogen and oxygen atoms in total. The van der Waals surface area contributed by atoms with Crippen LogP contribution in [0.15, 0.2) is 44.4 Å². The van der Waals surface area contributed by atoms with Gasteiger partial charge in [0.25, 0.3) is 0 Å². The Morgan fingerprint density at radius 2 is 1.84 bits per heavy atom. The van der Waals surface area contributed by atoms with E-state index in [0.717, 1.165) is 20.2 Å². The van der Waals surface area contributed by atoms with Gasteiger partial charge in [-0.15, -0.1) is 0 Å². The third-order valence-corrected chi connectivity index (χ3v) is 5.40. The lowest BCUT2D eigenvalue weighted by Gasteiger charge is -2.18. The first-order chi connectivity index (χ1) is 11.9. The minimum absolute atomic E-state index is 0.0464. The van der Waals surface area contributed by atoms with E-state index in [9.17, 15) is 0 Å². The number of benzene rings is 2. The molecule has 2 rings (SSSR count). The fourth-order valence-electron chi connectivity index (χ4n) is 2.11. The van der Waals surface area contributed by atoms with Crippen LogP contribution in [0.5, 0.6) is 11.5 Å². The van der Waals surface area contributed by atoms with Crippen LogP contribution in [0.2, 0.25) is 0 Å². The zero-order valence-corrected chi connectivity index (χ0v) is 17.9. The van der Waals surface area contributed by atoms with Crippen molar-refractivity contribution in [1.29, 1.82) is 0 Å². The number of anilines is 1. The van der Waals surface area contributed by atoms with Crippen LogP contribution in [0, 0.1) is 6.92 Å². The first-order valence-electron chi connectivity index (χ1n) is 8.09. The van der Waals surface area contributed by atoms with Crippen LogP contribution in [-0.4, -0.2) is 18.9 Å². The maximum absolute atomic E-state index is 5.89. The van der Waals surface area contributed by atoms with E-state index in [-0.39, 0.29) is 6.10 Å². The Bertz CT molecular complexity index is 744. The van der Waals surface area contributed by atoms with E-state index in [2.05, 4.69) is 49.3 Å². The molecular formula is C19H22Br2N2O2. The summed E-state index contributed by atoms with van der Waals surface area (Å²) in [6.45, 7) is 8.52. The molecule has 0 unspecified atom stereocenters. The standard InChI is InChI=1S/C19H22Br2N2O2/c1-5-24-16-10-14(17(20)18(21)19(16)25-12(2)3)11-22-23-15-8-6-13(4)7-9-15/h6-12,23H,5H2,1-4H3. The average molecular weight is 470 g/mol. The van der Waals surface area contributed by atoms with Crippen LogP contribution < -0.4 is 14.9 Å². The summed E-state index contributed by atoms with van der Waals surface area (Å²) in [6.07, 6.45) is 1.79. The monoisotopic (exact) mass is 468 g/mol. The molecule has 6 heteroatoms. The summed E-state index contributed by atoms with van der Waals surface area (Å²) in [5, 5.41) is 4.31. The molecule has 0 saturated carbocycles. The summed E-state index contributed by atoms with van der Waals surface area (Å²) in [7, 11) is 0. The highest BCUT2D eigenvalue weighted by Crippen LogP contribution is 2.42. The van der Waals surface area contributed by atoms with Crippen molar-refractivity contribution < 1.29 is 9.47 Å². The van der Waals surface area contributed by atoms with Gasteiger partial charge in [0, 0.05) is 10.0 Å². The molecule has 0 amide bonds. The van der Waals surface area contributed by atoms with E-state index in [1.54, 1.807) is 6.21 Å². The van der Waals surface area contributed by atoms with Gasteiger partial charge in [-0.2, -0.15) is 5.10 Å². The zero-order chi connectivity index (χ0) is 18.4. The second-order valence-corrected chi connectivity index (χ2v) is 7.34. The number of hydrogen-bond acceptors (Lipinski definition) is 4. The molecule has 0 spiro atoms. The number of rotatable bonds is 7. The normalized spacial score (nSPS) is 11.2. The number of ether oxygens (including phenoxy) is 2. The number of hydrazone groups is 1. The van der Waals surface area contributed by atoms with Gasteiger partial charge in [-0.1, -0.05) is 17.7 Å². The first kappa shape index (κ1) is 19.8. The van der Waals surface area contributed by atoms with Gasteiger partial charge in [0.2, 0.25) is 0 Å². The lowest BCUT2D eigenvalue weighted by Crippen LogP contribution is -2.09. The van der Waals surface area contributed by atoms with Crippen molar-refractivity contribution in [3.05, 3.63) is 50.4 Å². The van der Waals surface area contributed by atoms with Crippen LogP contribution >= 0.6 is 31.9 Å². The quantitative estimate of drug-likeness (QED) is 0.390. The molecule has 0 saturated heterocycles. The lowest BCUT2D eigenvalue weighted by atomic mass is 10.2. The molecule has 0 fully saturated rings. The number of nitrogens with one attached hydrogen (secondary N) is 1. The molecule has 2 aromatic rings. The predicted octanol–water partition coefficient (Wildman–Crippen LogP) is 6.15. The van der Waals surface area contributed by atoms with Gasteiger partial charge in [0.05, 0.1) is 29.1 Å². The van der Waals surface area contributed by atoms with Crippen LogP contribution in [0.1, 0.15) is 31.9 Å². The molecule has 0 aliphatic carbocycles. The lowest BCUT2D eigenvalue weighted by molar-refractivity contribution is 0.222. The van der Waals surface area contributed by atoms with Crippen LogP contribution in [0.3, 0.4) is 0 Å². The highest BCUT2D eigenvalue weighted by Gasteiger charge is 2.17. The average Bonchev–Trinajstić information content (AvgIpc) is 2.57. The summed E-state index contributed by atoms with van der Waals surface area (Å²) in [6, 6.07) is 9.97. The van der Waals surface area contributed by atoms with E-state index in [4.69, 9.17) is 9.47 Å². The number of hydrogen-bond donors (Lipinski definition) is 1. The molecule has 0 radical (unpaired) electrons. The van der Waals surface area contributed by atoms with Crippen molar-refractivity contribution in [3.63, 3.8) is 0 Å². The Morgan fingerprint density at radius 3 is 2.44 bits per heavy atom. The second-order valence-electron chi connectivity index (χ2n) is 5.76. The van der Waals surface area contributed by atoms with E-state index < -0.39 is 0 Å². The van der Waals surface area contributed by atoms with Crippen molar-refractivity contribution in [1.82, 2.24) is 0 Å². The molecule has 134 valence electrons. The largest absolute Gasteiger partial charge is 0.490 e. The molecule has 25 heavy (non-hydrogen) atoms. The van der Waals surface area contributed by atoms with Crippen molar-refractivity contribution >= 4 is 43.8 Å². The topological polar surface area (TPSA) is 42.8 Å². The van der Waals surface area contributed by atoms with Gasteiger partial charge in [-0.25, -0.2) is 0 Å². The molecule has 1 N–H and O–H groups in total. The highest BCUT2D eigenvalue weighted by atomic mass is 79.9. The van der Waals surface area contributed by atoms with Gasteiger partial charge >= 0.3 is 0 Å². The third-order valence-electron chi connectivity index (χ3n) is 3.26. The molecule has 0 heterocycles. The van der Waals surface area contributed by atoms with Crippen molar-refractivity contribution in [2.24, 2.45) is 5.10 Å². The van der Waals surface area contributed by atoms with E-state index in [1.165, 1.54) is 5.56 Å². The SMILES string of the molecule is CCOc1cc(C=NNc2ccc(C)cc2)c(Br)c(Br)c1OC(C)C. The summed E-state index contributed by atoms with van der Waals surface area (Å²) >= 11 is 7.19. The number of halogens is 2. The fourth-order valence-corrected chi connectivity index (χ4v) is 3.03. The fraction of sp³-hybridized carbons (Fsp3) is 0.316. The summed E-state index contributed by atoms with van der Waals surface area (Å²) < 4.78 is 13.3. The van der Waals surface area contributed by atoms with Gasteiger partial charge in [-0.05, 0) is 77.8 Å². The van der Waals surface area contributed by atoms with Crippen LogP contribution in [0.4, 0.5) is 5.69 Å². The Labute approximate surface area is 165 Å². The highest BCUT2D eigenvalue weighted by molar-refractivity contribution is 9.13. The number of nitrogens with zero attached hydrogens (tertiary/aromatic N) is 1. The molecule has 0 bridgehead atoms. The van der Waals surface area contributed by atoms with E-state index in [0.29, 0.717) is 18.1 Å². The predicted molar refractivity (Wildman–Crippen MR) is 111 cm³/mol. The van der Waals surface area contributed by atoms with E-state index >= 15 is 0 Å². The van der Waals surface area contributed by atoms with Crippen LogP contribution in [-0.2, 0) is 0 Å². The molecule has 0 aliphatic heterocycles. The molecule has 0 atom stereocenters. The van der Waals surface area contributed by atoms with Gasteiger partial charge in [-0.3, -0.25) is 5.43 Å². The Balaban J connectivity index is 2.27. The van der Waals surface area contributed by atoms with Crippen LogP contribution in [0.25, 0.3) is 0 Å². The summed E-state index contributed by atoms with van der Waals surface area (Å²) in [5.74, 6) is 1.37. The molecular weight excluding hydrogens is 448 g/mol. The molecule has 0 aromatic heterocycles. The first-order valence-corrected chi connectivity index (χ1v) is 9.68. The third kappa shape index (κ3) is 5.47. The van der Waals surface area contributed by atoms with Gasteiger partial charge in [0.15, 0.2) is 11.5 Å². The minimum atomic E-state index is 0.0464. The maximum atomic E-state index is 5.89. The summed E-state index contributed by atoms with van der Waals surface area (Å²) in [4.78, 5) is 0. The van der Waals surface area contributed by atoms with E-state index in [1.807, 2.05) is 51.1 Å².